The Balaban J connectivity index is 1.96. The van der Waals surface area contributed by atoms with Crippen LogP contribution in [-0.2, 0) is 20.1 Å². The van der Waals surface area contributed by atoms with E-state index in [-0.39, 0.29) is 11.2 Å². The standard InChI is InChI=1S/C20H25N5O3/c1-5-10-23-18(26)16-17(22(3)20(23)27)21-19-24(11-13(2)12-25(16)19)14-6-8-15(28-4)9-7-14/h6-9,13H,5,10-12H2,1-4H3/t13-/m0/s1. The van der Waals surface area contributed by atoms with Crippen LogP contribution in [0.15, 0.2) is 33.9 Å². The number of anilines is 2. The third-order valence-corrected chi connectivity index (χ3v) is 5.27. The molecule has 0 radical (unpaired) electrons. The number of aromatic nitrogens is 4. The number of aryl methyl sites for hydroxylation is 1. The maximum absolute atomic E-state index is 13.1. The lowest BCUT2D eigenvalue weighted by atomic mass is 10.1. The van der Waals surface area contributed by atoms with E-state index in [9.17, 15) is 9.59 Å². The van der Waals surface area contributed by atoms with E-state index in [2.05, 4.69) is 11.8 Å². The molecule has 1 aromatic carbocycles. The number of methoxy groups -OCH3 is 1. The van der Waals surface area contributed by atoms with Crippen molar-refractivity contribution in [3.8, 4) is 5.75 Å². The SMILES string of the molecule is CCCn1c(=O)c2c(nc3n2C[C@@H](C)CN3c2ccc(OC)cc2)n(C)c1=O. The number of imidazole rings is 1. The maximum Gasteiger partial charge on any atom is 0.332 e. The average Bonchev–Trinajstić information content (AvgIpc) is 3.08. The summed E-state index contributed by atoms with van der Waals surface area (Å²) in [6.45, 7) is 5.98. The van der Waals surface area contributed by atoms with Gasteiger partial charge in [0, 0.05) is 32.4 Å². The van der Waals surface area contributed by atoms with Gasteiger partial charge in [-0.25, -0.2) is 4.79 Å². The zero-order chi connectivity index (χ0) is 20.0. The second-order valence-corrected chi connectivity index (χ2v) is 7.41. The Bertz CT molecular complexity index is 1140. The molecule has 1 aliphatic rings. The number of benzene rings is 1. The van der Waals surface area contributed by atoms with Crippen LogP contribution in [0.2, 0.25) is 0 Å². The van der Waals surface area contributed by atoms with Gasteiger partial charge in [0.1, 0.15) is 5.75 Å². The molecule has 8 nitrogen and oxygen atoms in total. The molecule has 2 aromatic heterocycles. The van der Waals surface area contributed by atoms with Crippen LogP contribution in [0.25, 0.3) is 11.2 Å². The van der Waals surface area contributed by atoms with Crippen LogP contribution in [0.4, 0.5) is 11.6 Å². The molecule has 1 atom stereocenters. The minimum absolute atomic E-state index is 0.262. The second kappa shape index (κ2) is 6.85. The Hall–Kier alpha value is -3.03. The predicted octanol–water partition coefficient (Wildman–Crippen LogP) is 2.10. The summed E-state index contributed by atoms with van der Waals surface area (Å²) in [6.07, 6.45) is 0.718. The van der Waals surface area contributed by atoms with Gasteiger partial charge in [-0.2, -0.15) is 4.98 Å². The summed E-state index contributed by atoms with van der Waals surface area (Å²) < 4.78 is 10.0. The largest absolute Gasteiger partial charge is 0.497 e. The van der Waals surface area contributed by atoms with Gasteiger partial charge in [-0.15, -0.1) is 0 Å². The van der Waals surface area contributed by atoms with Crippen molar-refractivity contribution >= 4 is 22.8 Å². The summed E-state index contributed by atoms with van der Waals surface area (Å²) in [4.78, 5) is 32.6. The fraction of sp³-hybridized carbons (Fsp3) is 0.450. The zero-order valence-electron chi connectivity index (χ0n) is 16.7. The number of rotatable bonds is 4. The molecule has 0 N–H and O–H groups in total. The van der Waals surface area contributed by atoms with Gasteiger partial charge in [-0.1, -0.05) is 13.8 Å². The van der Waals surface area contributed by atoms with E-state index >= 15 is 0 Å². The van der Waals surface area contributed by atoms with E-state index in [0.29, 0.717) is 36.1 Å². The minimum atomic E-state index is -0.321. The Kier molecular flexibility index (Phi) is 4.49. The van der Waals surface area contributed by atoms with Gasteiger partial charge in [-0.05, 0) is 36.6 Å². The van der Waals surface area contributed by atoms with Crippen LogP contribution < -0.4 is 20.9 Å². The molecule has 3 heterocycles. The van der Waals surface area contributed by atoms with Crippen molar-refractivity contribution in [2.45, 2.75) is 33.4 Å². The molecule has 0 unspecified atom stereocenters. The molecule has 0 fully saturated rings. The highest BCUT2D eigenvalue weighted by Crippen LogP contribution is 2.33. The molecular weight excluding hydrogens is 358 g/mol. The number of hydrogen-bond acceptors (Lipinski definition) is 5. The zero-order valence-corrected chi connectivity index (χ0v) is 16.7. The van der Waals surface area contributed by atoms with Crippen molar-refractivity contribution in [3.05, 3.63) is 45.1 Å². The Morgan fingerprint density at radius 3 is 2.54 bits per heavy atom. The molecule has 0 amide bonds. The average molecular weight is 383 g/mol. The maximum atomic E-state index is 13.1. The summed E-state index contributed by atoms with van der Waals surface area (Å²) in [5, 5.41) is 0. The van der Waals surface area contributed by atoms with Gasteiger partial charge in [0.25, 0.3) is 5.56 Å². The molecule has 0 aliphatic carbocycles. The highest BCUT2D eigenvalue weighted by molar-refractivity contribution is 5.77. The van der Waals surface area contributed by atoms with Crippen LogP contribution in [0, 0.1) is 5.92 Å². The molecule has 148 valence electrons. The summed E-state index contributed by atoms with van der Waals surface area (Å²) in [5.74, 6) is 1.80. The Morgan fingerprint density at radius 2 is 1.89 bits per heavy atom. The van der Waals surface area contributed by atoms with Crippen molar-refractivity contribution in [2.24, 2.45) is 13.0 Å². The van der Waals surface area contributed by atoms with Gasteiger partial charge < -0.3 is 14.2 Å². The van der Waals surface area contributed by atoms with Gasteiger partial charge in [0.15, 0.2) is 11.2 Å². The van der Waals surface area contributed by atoms with E-state index in [1.165, 1.54) is 9.13 Å². The first-order valence-electron chi connectivity index (χ1n) is 9.57. The highest BCUT2D eigenvalue weighted by Gasteiger charge is 2.29. The number of hydrogen-bond donors (Lipinski definition) is 0. The lowest BCUT2D eigenvalue weighted by molar-refractivity contribution is 0.414. The van der Waals surface area contributed by atoms with Crippen LogP contribution in [0.5, 0.6) is 5.75 Å². The summed E-state index contributed by atoms with van der Waals surface area (Å²) in [6, 6.07) is 7.78. The van der Waals surface area contributed by atoms with Gasteiger partial charge >= 0.3 is 5.69 Å². The van der Waals surface area contributed by atoms with Crippen LogP contribution >= 0.6 is 0 Å². The van der Waals surface area contributed by atoms with E-state index < -0.39 is 0 Å². The molecule has 0 saturated carbocycles. The third-order valence-electron chi connectivity index (χ3n) is 5.27. The monoisotopic (exact) mass is 383 g/mol. The van der Waals surface area contributed by atoms with Crippen molar-refractivity contribution in [1.29, 1.82) is 0 Å². The fourth-order valence-corrected chi connectivity index (χ4v) is 3.91. The molecule has 28 heavy (non-hydrogen) atoms. The van der Waals surface area contributed by atoms with Crippen molar-refractivity contribution in [1.82, 2.24) is 18.7 Å². The van der Waals surface area contributed by atoms with Crippen molar-refractivity contribution in [3.63, 3.8) is 0 Å². The fourth-order valence-electron chi connectivity index (χ4n) is 3.91. The first-order valence-corrected chi connectivity index (χ1v) is 9.57. The lowest BCUT2D eigenvalue weighted by Crippen LogP contribution is -2.40. The lowest BCUT2D eigenvalue weighted by Gasteiger charge is -2.33. The third kappa shape index (κ3) is 2.71. The molecule has 0 saturated heterocycles. The number of fused-ring (bicyclic) bond motifs is 3. The summed E-state index contributed by atoms with van der Waals surface area (Å²) >= 11 is 0. The Labute approximate surface area is 162 Å². The van der Waals surface area contributed by atoms with E-state index in [4.69, 9.17) is 9.72 Å². The van der Waals surface area contributed by atoms with Crippen LogP contribution in [0.1, 0.15) is 20.3 Å². The summed E-state index contributed by atoms with van der Waals surface area (Å²) in [5.41, 5.74) is 1.32. The van der Waals surface area contributed by atoms with E-state index in [1.54, 1.807) is 14.2 Å². The number of ether oxygens (including phenoxy) is 1. The second-order valence-electron chi connectivity index (χ2n) is 7.41. The van der Waals surface area contributed by atoms with Crippen LogP contribution in [0.3, 0.4) is 0 Å². The van der Waals surface area contributed by atoms with Gasteiger partial charge in [0.05, 0.1) is 7.11 Å². The van der Waals surface area contributed by atoms with E-state index in [0.717, 1.165) is 24.4 Å². The minimum Gasteiger partial charge on any atom is -0.497 e. The molecular formula is C20H25N5O3. The van der Waals surface area contributed by atoms with Crippen LogP contribution in [-0.4, -0.2) is 32.3 Å². The summed E-state index contributed by atoms with van der Waals surface area (Å²) in [7, 11) is 3.32. The molecule has 1 aliphatic heterocycles. The highest BCUT2D eigenvalue weighted by atomic mass is 16.5. The first kappa shape index (κ1) is 18.3. The first-order chi connectivity index (χ1) is 13.5. The van der Waals surface area contributed by atoms with Crippen molar-refractivity contribution in [2.75, 3.05) is 18.6 Å². The van der Waals surface area contributed by atoms with Gasteiger partial charge in [-0.3, -0.25) is 13.9 Å². The van der Waals surface area contributed by atoms with Gasteiger partial charge in [0.2, 0.25) is 5.95 Å². The smallest absolute Gasteiger partial charge is 0.332 e. The van der Waals surface area contributed by atoms with E-state index in [1.807, 2.05) is 35.8 Å². The Morgan fingerprint density at radius 1 is 1.18 bits per heavy atom. The molecule has 3 aromatic rings. The predicted molar refractivity (Wildman–Crippen MR) is 109 cm³/mol. The normalized spacial score (nSPS) is 16.4. The molecule has 0 bridgehead atoms. The van der Waals surface area contributed by atoms with Crippen molar-refractivity contribution < 1.29 is 4.74 Å². The number of nitrogens with zero attached hydrogens (tertiary/aromatic N) is 5. The quantitative estimate of drug-likeness (QED) is 0.690. The molecule has 8 heteroatoms. The molecule has 0 spiro atoms. The molecule has 4 rings (SSSR count). The topological polar surface area (TPSA) is 74.3 Å².